The van der Waals surface area contributed by atoms with Gasteiger partial charge in [0.15, 0.2) is 11.6 Å². The molecule has 0 bridgehead atoms. The van der Waals surface area contributed by atoms with Crippen LogP contribution in [0.4, 0.5) is 16.2 Å². The van der Waals surface area contributed by atoms with Crippen LogP contribution in [-0.4, -0.2) is 36.0 Å². The van der Waals surface area contributed by atoms with Crippen LogP contribution < -0.4 is 16.0 Å². The molecule has 94 valence electrons. The van der Waals surface area contributed by atoms with E-state index < -0.39 is 5.82 Å². The van der Waals surface area contributed by atoms with Crippen LogP contribution in [0.2, 0.25) is 0 Å². The number of nitrogens with two attached hydrogens (primary N) is 1. The lowest BCUT2D eigenvalue weighted by Crippen LogP contribution is -2.37. The molecule has 0 aliphatic carbocycles. The summed E-state index contributed by atoms with van der Waals surface area (Å²) < 4.78 is 13.5. The highest BCUT2D eigenvalue weighted by atomic mass is 19.1. The Hall–Kier alpha value is -1.92. The summed E-state index contributed by atoms with van der Waals surface area (Å²) >= 11 is 0. The van der Waals surface area contributed by atoms with Crippen molar-refractivity contribution >= 4 is 17.7 Å². The van der Waals surface area contributed by atoms with E-state index in [-0.39, 0.29) is 24.2 Å². The Morgan fingerprint density at radius 3 is 2.94 bits per heavy atom. The molecule has 0 aliphatic rings. The molecule has 1 amide bonds. The summed E-state index contributed by atoms with van der Waals surface area (Å²) in [6.45, 7) is 2.48. The fraction of sp³-hybridized carbons (Fsp3) is 0.500. The Labute approximate surface area is 99.0 Å². The van der Waals surface area contributed by atoms with Crippen molar-refractivity contribution in [1.82, 2.24) is 15.3 Å². The molecule has 0 saturated heterocycles. The highest BCUT2D eigenvalue weighted by Crippen LogP contribution is 2.16. The molecule has 1 aromatic rings. The summed E-state index contributed by atoms with van der Waals surface area (Å²) in [6, 6.07) is 0. The molecule has 7 heteroatoms. The molecule has 0 aromatic carbocycles. The van der Waals surface area contributed by atoms with Gasteiger partial charge < -0.3 is 16.0 Å². The minimum atomic E-state index is -0.587. The van der Waals surface area contributed by atoms with Gasteiger partial charge in [-0.3, -0.25) is 4.79 Å². The van der Waals surface area contributed by atoms with Crippen LogP contribution in [0.1, 0.15) is 13.3 Å². The Balaban J connectivity index is 2.95. The summed E-state index contributed by atoms with van der Waals surface area (Å²) in [5.41, 5.74) is 5.41. The van der Waals surface area contributed by atoms with E-state index in [1.54, 1.807) is 0 Å². The average molecular weight is 241 g/mol. The van der Waals surface area contributed by atoms with Crippen molar-refractivity contribution in [2.75, 3.05) is 30.8 Å². The van der Waals surface area contributed by atoms with Crippen molar-refractivity contribution < 1.29 is 9.18 Å². The van der Waals surface area contributed by atoms with Crippen molar-refractivity contribution in [1.29, 1.82) is 0 Å². The maximum absolute atomic E-state index is 13.5. The minimum Gasteiger partial charge on any atom is -0.368 e. The largest absolute Gasteiger partial charge is 0.368 e. The molecular weight excluding hydrogens is 225 g/mol. The summed E-state index contributed by atoms with van der Waals surface area (Å²) in [5, 5.41) is 2.48. The van der Waals surface area contributed by atoms with Gasteiger partial charge in [-0.05, 0) is 6.42 Å². The van der Waals surface area contributed by atoms with E-state index in [4.69, 9.17) is 5.73 Å². The highest BCUT2D eigenvalue weighted by molar-refractivity contribution is 5.80. The SMILES string of the molecule is CCCN(CC(=O)NC)c1nc(N)ncc1F. The normalized spacial score (nSPS) is 10.1. The van der Waals surface area contributed by atoms with Crippen molar-refractivity contribution in [3.8, 4) is 0 Å². The number of hydrogen-bond acceptors (Lipinski definition) is 5. The quantitative estimate of drug-likeness (QED) is 0.767. The molecule has 17 heavy (non-hydrogen) atoms. The minimum absolute atomic E-state index is 0.0144. The standard InChI is InChI=1S/C10H16FN5O/c1-3-4-16(6-8(17)13-2)9-7(11)5-14-10(12)15-9/h5H,3-4,6H2,1-2H3,(H,13,17)(H2,12,14,15). The second-order valence-electron chi connectivity index (χ2n) is 3.49. The van der Waals surface area contributed by atoms with Crippen LogP contribution in [0.3, 0.4) is 0 Å². The first kappa shape index (κ1) is 13.1. The Kier molecular flexibility index (Phi) is 4.62. The molecule has 1 rings (SSSR count). The molecule has 6 nitrogen and oxygen atoms in total. The van der Waals surface area contributed by atoms with E-state index in [1.807, 2.05) is 6.92 Å². The first-order valence-electron chi connectivity index (χ1n) is 5.32. The van der Waals surface area contributed by atoms with Crippen LogP contribution >= 0.6 is 0 Å². The monoisotopic (exact) mass is 241 g/mol. The van der Waals surface area contributed by atoms with Gasteiger partial charge in [-0.1, -0.05) is 6.92 Å². The number of nitrogens with zero attached hydrogens (tertiary/aromatic N) is 3. The molecule has 1 aromatic heterocycles. The van der Waals surface area contributed by atoms with Crippen LogP contribution in [0.15, 0.2) is 6.20 Å². The number of likely N-dealkylation sites (N-methyl/N-ethyl adjacent to an activating group) is 1. The maximum Gasteiger partial charge on any atom is 0.239 e. The highest BCUT2D eigenvalue weighted by Gasteiger charge is 2.16. The van der Waals surface area contributed by atoms with Gasteiger partial charge >= 0.3 is 0 Å². The zero-order valence-corrected chi connectivity index (χ0v) is 9.90. The fourth-order valence-electron chi connectivity index (χ4n) is 1.38. The summed E-state index contributed by atoms with van der Waals surface area (Å²) in [7, 11) is 1.52. The van der Waals surface area contributed by atoms with Gasteiger partial charge in [-0.15, -0.1) is 0 Å². The van der Waals surface area contributed by atoms with Crippen molar-refractivity contribution in [2.45, 2.75) is 13.3 Å². The van der Waals surface area contributed by atoms with Gasteiger partial charge in [0.05, 0.1) is 12.7 Å². The third-order valence-corrected chi connectivity index (χ3v) is 2.15. The van der Waals surface area contributed by atoms with Gasteiger partial charge in [-0.2, -0.15) is 4.98 Å². The summed E-state index contributed by atoms with van der Waals surface area (Å²) in [4.78, 5) is 20.2. The first-order chi connectivity index (χ1) is 8.08. The fourth-order valence-corrected chi connectivity index (χ4v) is 1.38. The molecule has 0 fully saturated rings. The number of nitrogens with one attached hydrogen (secondary N) is 1. The molecule has 0 spiro atoms. The van der Waals surface area contributed by atoms with E-state index >= 15 is 0 Å². The Morgan fingerprint density at radius 2 is 2.35 bits per heavy atom. The summed E-state index contributed by atoms with van der Waals surface area (Å²) in [6.07, 6.45) is 1.77. The van der Waals surface area contributed by atoms with Gasteiger partial charge in [-0.25, -0.2) is 9.37 Å². The number of carbonyl (C=O) groups excluding carboxylic acids is 1. The Bertz CT molecular complexity index is 398. The number of aromatic nitrogens is 2. The number of hydrogen-bond donors (Lipinski definition) is 2. The number of amides is 1. The molecular formula is C10H16FN5O. The lowest BCUT2D eigenvalue weighted by atomic mass is 10.3. The molecule has 0 saturated carbocycles. The molecule has 0 aliphatic heterocycles. The third-order valence-electron chi connectivity index (χ3n) is 2.15. The summed E-state index contributed by atoms with van der Waals surface area (Å²) in [5.74, 6) is -0.756. The first-order valence-corrected chi connectivity index (χ1v) is 5.32. The molecule has 1 heterocycles. The predicted octanol–water partition coefficient (Wildman–Crippen LogP) is 0.160. The van der Waals surface area contributed by atoms with Crippen molar-refractivity contribution in [3.63, 3.8) is 0 Å². The lowest BCUT2D eigenvalue weighted by Gasteiger charge is -2.22. The number of anilines is 2. The molecule has 0 atom stereocenters. The van der Waals surface area contributed by atoms with Crippen LogP contribution in [0, 0.1) is 5.82 Å². The number of rotatable bonds is 5. The van der Waals surface area contributed by atoms with Gasteiger partial charge in [0.1, 0.15) is 0 Å². The lowest BCUT2D eigenvalue weighted by molar-refractivity contribution is -0.119. The maximum atomic E-state index is 13.5. The van der Waals surface area contributed by atoms with Crippen LogP contribution in [0.5, 0.6) is 0 Å². The van der Waals surface area contributed by atoms with Gasteiger partial charge in [0.2, 0.25) is 11.9 Å². The molecule has 0 radical (unpaired) electrons. The topological polar surface area (TPSA) is 84.1 Å². The van der Waals surface area contributed by atoms with Gasteiger partial charge in [0, 0.05) is 13.6 Å². The predicted molar refractivity (Wildman–Crippen MR) is 63.0 cm³/mol. The number of nitrogen functional groups attached to an aromatic ring is 1. The van der Waals surface area contributed by atoms with Crippen LogP contribution in [-0.2, 0) is 4.79 Å². The van der Waals surface area contributed by atoms with E-state index in [2.05, 4.69) is 15.3 Å². The van der Waals surface area contributed by atoms with Gasteiger partial charge in [0.25, 0.3) is 0 Å². The molecule has 0 unspecified atom stereocenters. The Morgan fingerprint density at radius 1 is 1.65 bits per heavy atom. The zero-order chi connectivity index (χ0) is 12.8. The number of carbonyl (C=O) groups is 1. The van der Waals surface area contributed by atoms with E-state index in [1.165, 1.54) is 11.9 Å². The van der Waals surface area contributed by atoms with Crippen molar-refractivity contribution in [3.05, 3.63) is 12.0 Å². The van der Waals surface area contributed by atoms with Crippen molar-refractivity contribution in [2.24, 2.45) is 0 Å². The van der Waals surface area contributed by atoms with E-state index in [0.717, 1.165) is 12.6 Å². The number of halogens is 1. The van der Waals surface area contributed by atoms with E-state index in [9.17, 15) is 9.18 Å². The van der Waals surface area contributed by atoms with E-state index in [0.29, 0.717) is 6.54 Å². The third kappa shape index (κ3) is 3.54. The average Bonchev–Trinajstić information content (AvgIpc) is 2.31. The smallest absolute Gasteiger partial charge is 0.239 e. The second-order valence-corrected chi connectivity index (χ2v) is 3.49. The second kappa shape index (κ2) is 5.97. The zero-order valence-electron chi connectivity index (χ0n) is 9.90. The molecule has 3 N–H and O–H groups in total. The van der Waals surface area contributed by atoms with Crippen LogP contribution in [0.25, 0.3) is 0 Å².